The maximum absolute atomic E-state index is 13.8. The van der Waals surface area contributed by atoms with E-state index in [1.807, 2.05) is 13.0 Å². The van der Waals surface area contributed by atoms with Crippen LogP contribution < -0.4 is 10.2 Å². The van der Waals surface area contributed by atoms with E-state index >= 15 is 0 Å². The number of aromatic nitrogens is 2. The molecule has 0 saturated carbocycles. The number of carbonyl (C=O) groups excluding carboxylic acids is 1. The normalized spacial score (nSPS) is 14.3. The van der Waals surface area contributed by atoms with Crippen LogP contribution in [0.2, 0.25) is 5.02 Å². The van der Waals surface area contributed by atoms with Gasteiger partial charge in [0, 0.05) is 29.4 Å². The molecule has 1 aromatic heterocycles. The quantitative estimate of drug-likeness (QED) is 0.868. The summed E-state index contributed by atoms with van der Waals surface area (Å²) in [6.45, 7) is 4.11. The Morgan fingerprint density at radius 1 is 1.27 bits per heavy atom. The third-order valence-corrected chi connectivity index (χ3v) is 4.75. The van der Waals surface area contributed by atoms with Gasteiger partial charge in [-0.3, -0.25) is 4.79 Å². The summed E-state index contributed by atoms with van der Waals surface area (Å²) in [4.78, 5) is 23.4. The molecule has 3 rings (SSSR count). The van der Waals surface area contributed by atoms with Crippen molar-refractivity contribution in [2.45, 2.75) is 39.2 Å². The molecule has 1 aliphatic heterocycles. The van der Waals surface area contributed by atoms with Crippen molar-refractivity contribution >= 4 is 23.5 Å². The van der Waals surface area contributed by atoms with Crippen LogP contribution in [0.15, 0.2) is 24.3 Å². The van der Waals surface area contributed by atoms with Crippen LogP contribution in [0.5, 0.6) is 0 Å². The lowest BCUT2D eigenvalue weighted by molar-refractivity contribution is -0.120. The van der Waals surface area contributed by atoms with Crippen LogP contribution in [0, 0.1) is 12.7 Å². The highest BCUT2D eigenvalue weighted by Gasteiger charge is 2.16. The number of hydrogen-bond donors (Lipinski definition) is 1. The van der Waals surface area contributed by atoms with Gasteiger partial charge in [0.1, 0.15) is 5.82 Å². The first kappa shape index (κ1) is 18.6. The molecule has 2 heterocycles. The first-order chi connectivity index (χ1) is 12.5. The highest BCUT2D eigenvalue weighted by molar-refractivity contribution is 6.31. The third kappa shape index (κ3) is 4.69. The molecule has 5 nitrogen and oxygen atoms in total. The Morgan fingerprint density at radius 3 is 2.77 bits per heavy atom. The fourth-order valence-electron chi connectivity index (χ4n) is 3.06. The van der Waals surface area contributed by atoms with E-state index in [2.05, 4.69) is 20.2 Å². The summed E-state index contributed by atoms with van der Waals surface area (Å²) < 4.78 is 13.8. The van der Waals surface area contributed by atoms with Crippen molar-refractivity contribution in [3.8, 4) is 0 Å². The highest BCUT2D eigenvalue weighted by Crippen LogP contribution is 2.20. The van der Waals surface area contributed by atoms with E-state index < -0.39 is 5.82 Å². The molecular formula is C19H22ClFN4O. The number of hydrogen-bond acceptors (Lipinski definition) is 4. The zero-order valence-corrected chi connectivity index (χ0v) is 15.5. The molecule has 7 heteroatoms. The molecule has 1 saturated heterocycles. The number of anilines is 1. The zero-order chi connectivity index (χ0) is 18.5. The van der Waals surface area contributed by atoms with Gasteiger partial charge in [-0.2, -0.15) is 0 Å². The van der Waals surface area contributed by atoms with Gasteiger partial charge in [-0.15, -0.1) is 0 Å². The number of nitrogens with one attached hydrogen (secondary N) is 1. The summed E-state index contributed by atoms with van der Waals surface area (Å²) in [7, 11) is 0. The maximum atomic E-state index is 13.8. The first-order valence-corrected chi connectivity index (χ1v) is 9.20. The molecule has 0 atom stereocenters. The molecule has 26 heavy (non-hydrogen) atoms. The molecule has 1 fully saturated rings. The molecule has 2 aromatic rings. The fourth-order valence-corrected chi connectivity index (χ4v) is 3.29. The molecule has 0 bridgehead atoms. The summed E-state index contributed by atoms with van der Waals surface area (Å²) >= 11 is 5.97. The zero-order valence-electron chi connectivity index (χ0n) is 14.8. The van der Waals surface area contributed by atoms with Crippen LogP contribution in [0.25, 0.3) is 0 Å². The van der Waals surface area contributed by atoms with E-state index in [-0.39, 0.29) is 29.5 Å². The summed E-state index contributed by atoms with van der Waals surface area (Å²) in [5.41, 5.74) is 1.81. The number of piperidine rings is 1. The molecule has 138 valence electrons. The topological polar surface area (TPSA) is 58.1 Å². The van der Waals surface area contributed by atoms with Crippen LogP contribution in [-0.2, 0) is 17.8 Å². The van der Waals surface area contributed by atoms with Gasteiger partial charge in [0.2, 0.25) is 11.9 Å². The summed E-state index contributed by atoms with van der Waals surface area (Å²) in [5, 5.41) is 3.04. The van der Waals surface area contributed by atoms with E-state index in [0.717, 1.165) is 37.3 Å². The van der Waals surface area contributed by atoms with Gasteiger partial charge in [-0.1, -0.05) is 17.7 Å². The smallest absolute Gasteiger partial charge is 0.225 e. The van der Waals surface area contributed by atoms with Gasteiger partial charge in [0.25, 0.3) is 0 Å². The van der Waals surface area contributed by atoms with Crippen molar-refractivity contribution in [2.24, 2.45) is 0 Å². The number of halogens is 2. The van der Waals surface area contributed by atoms with Gasteiger partial charge in [-0.05, 0) is 44.4 Å². The van der Waals surface area contributed by atoms with E-state index in [9.17, 15) is 9.18 Å². The predicted molar refractivity (Wildman–Crippen MR) is 99.8 cm³/mol. The number of benzene rings is 1. The second-order valence-electron chi connectivity index (χ2n) is 6.50. The number of aryl methyl sites for hydroxylation is 1. The second kappa shape index (κ2) is 8.45. The highest BCUT2D eigenvalue weighted by atomic mass is 35.5. The molecule has 0 radical (unpaired) electrons. The Kier molecular flexibility index (Phi) is 6.04. The molecule has 1 N–H and O–H groups in total. The van der Waals surface area contributed by atoms with Crippen molar-refractivity contribution in [2.75, 3.05) is 18.0 Å². The average Bonchev–Trinajstić information content (AvgIpc) is 2.63. The summed E-state index contributed by atoms with van der Waals surface area (Å²) in [5.74, 6) is -0.0585. The van der Waals surface area contributed by atoms with Gasteiger partial charge >= 0.3 is 0 Å². The van der Waals surface area contributed by atoms with Gasteiger partial charge < -0.3 is 10.2 Å². The molecule has 0 unspecified atom stereocenters. The Bertz CT molecular complexity index is 773. The van der Waals surface area contributed by atoms with Crippen LogP contribution in [0.4, 0.5) is 10.3 Å². The summed E-state index contributed by atoms with van der Waals surface area (Å²) in [6.07, 6.45) is 3.43. The largest absolute Gasteiger partial charge is 0.350 e. The molecule has 1 aliphatic rings. The van der Waals surface area contributed by atoms with Crippen LogP contribution in [0.1, 0.15) is 36.2 Å². The van der Waals surface area contributed by atoms with Gasteiger partial charge in [0.15, 0.2) is 0 Å². The lowest BCUT2D eigenvalue weighted by atomic mass is 10.1. The lowest BCUT2D eigenvalue weighted by Crippen LogP contribution is -2.32. The molecule has 1 amide bonds. The SMILES string of the molecule is Cc1cc(CNC(=O)Cc2c(F)cccc2Cl)nc(N2CCCCC2)n1. The van der Waals surface area contributed by atoms with Crippen molar-refractivity contribution in [3.63, 3.8) is 0 Å². The molecule has 1 aromatic carbocycles. The number of carbonyl (C=O) groups is 1. The van der Waals surface area contributed by atoms with Crippen molar-refractivity contribution in [3.05, 3.63) is 52.1 Å². The number of nitrogens with zero attached hydrogens (tertiary/aromatic N) is 3. The predicted octanol–water partition coefficient (Wildman–Crippen LogP) is 3.43. The number of amides is 1. The number of rotatable bonds is 5. The van der Waals surface area contributed by atoms with E-state index in [1.54, 1.807) is 6.07 Å². The van der Waals surface area contributed by atoms with Crippen LogP contribution in [-0.4, -0.2) is 29.0 Å². The second-order valence-corrected chi connectivity index (χ2v) is 6.91. The standard InChI is InChI=1S/C19H22ClFN4O/c1-13-10-14(24-19(23-13)25-8-3-2-4-9-25)12-22-18(26)11-15-16(20)6-5-7-17(15)21/h5-7,10H,2-4,8-9,11-12H2,1H3,(H,22,26). The van der Waals surface area contributed by atoms with Gasteiger partial charge in [-0.25, -0.2) is 14.4 Å². The monoisotopic (exact) mass is 376 g/mol. The Hall–Kier alpha value is -2.21. The summed E-state index contributed by atoms with van der Waals surface area (Å²) in [6, 6.07) is 6.24. The minimum absolute atomic E-state index is 0.103. The van der Waals surface area contributed by atoms with Gasteiger partial charge in [0.05, 0.1) is 18.7 Å². The average molecular weight is 377 g/mol. The minimum Gasteiger partial charge on any atom is -0.350 e. The minimum atomic E-state index is -0.474. The Balaban J connectivity index is 1.63. The Morgan fingerprint density at radius 2 is 2.04 bits per heavy atom. The van der Waals surface area contributed by atoms with Crippen molar-refractivity contribution in [1.29, 1.82) is 0 Å². The molecular weight excluding hydrogens is 355 g/mol. The van der Waals surface area contributed by atoms with E-state index in [0.29, 0.717) is 5.95 Å². The molecule has 0 spiro atoms. The van der Waals surface area contributed by atoms with E-state index in [1.165, 1.54) is 18.6 Å². The first-order valence-electron chi connectivity index (χ1n) is 8.82. The molecule has 0 aliphatic carbocycles. The van der Waals surface area contributed by atoms with Crippen molar-refractivity contribution < 1.29 is 9.18 Å². The maximum Gasteiger partial charge on any atom is 0.225 e. The van der Waals surface area contributed by atoms with Crippen molar-refractivity contribution in [1.82, 2.24) is 15.3 Å². The third-order valence-electron chi connectivity index (χ3n) is 4.40. The van der Waals surface area contributed by atoms with Crippen LogP contribution >= 0.6 is 11.6 Å². The Labute approximate surface area is 157 Å². The van der Waals surface area contributed by atoms with E-state index in [4.69, 9.17) is 11.6 Å². The van der Waals surface area contributed by atoms with Crippen LogP contribution in [0.3, 0.4) is 0 Å². The fraction of sp³-hybridized carbons (Fsp3) is 0.421. The lowest BCUT2D eigenvalue weighted by Gasteiger charge is -2.27.